The molecule has 0 radical (unpaired) electrons. The van der Waals surface area contributed by atoms with E-state index in [1.807, 2.05) is 24.3 Å². The molecule has 3 rings (SSSR count). The molecule has 0 spiro atoms. The van der Waals surface area contributed by atoms with E-state index in [9.17, 15) is 9.18 Å². The van der Waals surface area contributed by atoms with Crippen molar-refractivity contribution in [3.05, 3.63) is 68.4 Å². The van der Waals surface area contributed by atoms with Crippen LogP contribution in [0.3, 0.4) is 0 Å². The number of rotatable bonds is 4. The molecule has 3 nitrogen and oxygen atoms in total. The number of hydrogen-bond donors (Lipinski definition) is 1. The van der Waals surface area contributed by atoms with Crippen molar-refractivity contribution >= 4 is 40.7 Å². The van der Waals surface area contributed by atoms with Gasteiger partial charge in [0.1, 0.15) is 5.82 Å². The third kappa shape index (κ3) is 4.15. The summed E-state index contributed by atoms with van der Waals surface area (Å²) in [4.78, 5) is 12.5. The molecular formula is C19H17Cl3FNO2. The van der Waals surface area contributed by atoms with Crippen molar-refractivity contribution in [2.45, 2.75) is 18.3 Å². The minimum Gasteiger partial charge on any atom is -0.381 e. The largest absolute Gasteiger partial charge is 0.381 e. The summed E-state index contributed by atoms with van der Waals surface area (Å²) in [6.45, 7) is 1.60. The molecule has 0 saturated carbocycles. The molecule has 2 aromatic carbocycles. The van der Waals surface area contributed by atoms with Gasteiger partial charge in [0, 0.05) is 30.2 Å². The van der Waals surface area contributed by atoms with Gasteiger partial charge in [0.15, 0.2) is 0 Å². The quantitative estimate of drug-likeness (QED) is 0.690. The summed E-state index contributed by atoms with van der Waals surface area (Å²) in [7, 11) is 0. The minimum atomic E-state index is -0.681. The molecule has 1 heterocycles. The molecule has 26 heavy (non-hydrogen) atoms. The Morgan fingerprint density at radius 2 is 1.73 bits per heavy atom. The second-order valence-corrected chi connectivity index (χ2v) is 7.58. The van der Waals surface area contributed by atoms with Crippen LogP contribution in [0.4, 0.5) is 4.39 Å². The average Bonchev–Trinajstić information content (AvgIpc) is 2.64. The van der Waals surface area contributed by atoms with Gasteiger partial charge in [-0.25, -0.2) is 4.39 Å². The third-order valence-electron chi connectivity index (χ3n) is 4.75. The van der Waals surface area contributed by atoms with E-state index in [4.69, 9.17) is 39.5 Å². The second-order valence-electron chi connectivity index (χ2n) is 6.33. The summed E-state index contributed by atoms with van der Waals surface area (Å²) in [6.07, 6.45) is 1.52. The summed E-state index contributed by atoms with van der Waals surface area (Å²) in [5.41, 5.74) is 0.876. The first kappa shape index (κ1) is 19.4. The maximum Gasteiger partial charge on any atom is 0.252 e. The average molecular weight is 417 g/mol. The highest BCUT2D eigenvalue weighted by Gasteiger charge is 2.35. The lowest BCUT2D eigenvalue weighted by atomic mass is 9.74. The van der Waals surface area contributed by atoms with Crippen LogP contribution in [0, 0.1) is 5.82 Å². The molecule has 1 N–H and O–H groups in total. The number of carbonyl (C=O) groups excluding carboxylic acids is 1. The van der Waals surface area contributed by atoms with Crippen LogP contribution >= 0.6 is 34.8 Å². The van der Waals surface area contributed by atoms with Gasteiger partial charge < -0.3 is 10.1 Å². The number of ether oxygens (including phenoxy) is 1. The van der Waals surface area contributed by atoms with Crippen LogP contribution in [0.1, 0.15) is 28.8 Å². The van der Waals surface area contributed by atoms with Crippen LogP contribution in [-0.4, -0.2) is 25.7 Å². The summed E-state index contributed by atoms with van der Waals surface area (Å²) >= 11 is 17.7. The van der Waals surface area contributed by atoms with Gasteiger partial charge in [0.25, 0.3) is 5.91 Å². The van der Waals surface area contributed by atoms with E-state index in [0.717, 1.165) is 24.5 Å². The van der Waals surface area contributed by atoms with Crippen LogP contribution in [0.5, 0.6) is 0 Å². The highest BCUT2D eigenvalue weighted by molar-refractivity contribution is 6.36. The number of nitrogens with one attached hydrogen (secondary N) is 1. The zero-order valence-corrected chi connectivity index (χ0v) is 16.1. The van der Waals surface area contributed by atoms with Crippen molar-refractivity contribution in [1.29, 1.82) is 0 Å². The fraction of sp³-hybridized carbons (Fsp3) is 0.316. The fourth-order valence-corrected chi connectivity index (χ4v) is 3.77. The summed E-state index contributed by atoms with van der Waals surface area (Å²) < 4.78 is 19.2. The summed E-state index contributed by atoms with van der Waals surface area (Å²) in [5.74, 6) is -1.12. The van der Waals surface area contributed by atoms with Gasteiger partial charge in [-0.3, -0.25) is 4.79 Å². The molecule has 138 valence electrons. The van der Waals surface area contributed by atoms with Gasteiger partial charge in [0.05, 0.1) is 15.6 Å². The van der Waals surface area contributed by atoms with Gasteiger partial charge in [-0.15, -0.1) is 0 Å². The number of carbonyl (C=O) groups is 1. The van der Waals surface area contributed by atoms with E-state index in [1.54, 1.807) is 0 Å². The Morgan fingerprint density at radius 3 is 2.38 bits per heavy atom. The Morgan fingerprint density at radius 1 is 1.08 bits per heavy atom. The van der Waals surface area contributed by atoms with Crippen LogP contribution in [0.15, 0.2) is 36.4 Å². The molecule has 0 aromatic heterocycles. The lowest BCUT2D eigenvalue weighted by molar-refractivity contribution is 0.0487. The minimum absolute atomic E-state index is 0.0619. The Labute approximate surface area is 166 Å². The van der Waals surface area contributed by atoms with Crippen molar-refractivity contribution in [1.82, 2.24) is 5.32 Å². The molecule has 7 heteroatoms. The van der Waals surface area contributed by atoms with Crippen molar-refractivity contribution in [3.8, 4) is 0 Å². The zero-order chi connectivity index (χ0) is 18.7. The van der Waals surface area contributed by atoms with Crippen molar-refractivity contribution < 1.29 is 13.9 Å². The van der Waals surface area contributed by atoms with Gasteiger partial charge in [0.2, 0.25) is 0 Å². The van der Waals surface area contributed by atoms with Gasteiger partial charge >= 0.3 is 0 Å². The number of benzene rings is 2. The SMILES string of the molecule is O=C(NCC1(c2ccc(Cl)cc2)CCOCC1)c1cc(F)c(Cl)cc1Cl. The first-order valence-corrected chi connectivity index (χ1v) is 9.31. The monoisotopic (exact) mass is 415 g/mol. The van der Waals surface area contributed by atoms with Crippen LogP contribution in [0.25, 0.3) is 0 Å². The van der Waals surface area contributed by atoms with Crippen LogP contribution in [-0.2, 0) is 10.2 Å². The maximum absolute atomic E-state index is 13.7. The molecule has 1 fully saturated rings. The predicted octanol–water partition coefficient (Wildman–Crippen LogP) is 5.26. The molecule has 0 unspecified atom stereocenters. The topological polar surface area (TPSA) is 38.3 Å². The molecule has 1 aliphatic rings. The maximum atomic E-state index is 13.7. The highest BCUT2D eigenvalue weighted by atomic mass is 35.5. The van der Waals surface area contributed by atoms with Gasteiger partial charge in [-0.1, -0.05) is 46.9 Å². The summed E-state index contributed by atoms with van der Waals surface area (Å²) in [5, 5.41) is 3.54. The van der Waals surface area contributed by atoms with E-state index in [2.05, 4.69) is 5.32 Å². The molecule has 1 aliphatic heterocycles. The van der Waals surface area contributed by atoms with Gasteiger partial charge in [-0.05, 0) is 42.7 Å². The highest BCUT2D eigenvalue weighted by Crippen LogP contribution is 2.35. The van der Waals surface area contributed by atoms with Crippen LogP contribution in [0.2, 0.25) is 15.1 Å². The van der Waals surface area contributed by atoms with Crippen molar-refractivity contribution in [2.75, 3.05) is 19.8 Å². The second kappa shape index (κ2) is 8.13. The lowest BCUT2D eigenvalue weighted by Gasteiger charge is -2.38. The van der Waals surface area contributed by atoms with E-state index in [0.29, 0.717) is 24.8 Å². The van der Waals surface area contributed by atoms with Crippen molar-refractivity contribution in [2.24, 2.45) is 0 Å². The smallest absolute Gasteiger partial charge is 0.252 e. The third-order valence-corrected chi connectivity index (χ3v) is 5.60. The van der Waals surface area contributed by atoms with E-state index in [-0.39, 0.29) is 21.0 Å². The first-order valence-electron chi connectivity index (χ1n) is 8.18. The molecular weight excluding hydrogens is 400 g/mol. The molecule has 0 aliphatic carbocycles. The standard InChI is InChI=1S/C19H17Cl3FNO2/c20-13-3-1-12(2-4-13)19(5-7-26-8-6-19)11-24-18(25)14-9-17(23)16(22)10-15(14)21/h1-4,9-10H,5-8,11H2,(H,24,25). The predicted molar refractivity (Wildman–Crippen MR) is 102 cm³/mol. The van der Waals surface area contributed by atoms with Crippen LogP contribution < -0.4 is 5.32 Å². The zero-order valence-electron chi connectivity index (χ0n) is 13.8. The Hall–Kier alpha value is -1.33. The number of halogens is 4. The molecule has 1 amide bonds. The lowest BCUT2D eigenvalue weighted by Crippen LogP contribution is -2.44. The fourth-order valence-electron chi connectivity index (χ4n) is 3.17. The number of hydrogen-bond acceptors (Lipinski definition) is 2. The van der Waals surface area contributed by atoms with Gasteiger partial charge in [-0.2, -0.15) is 0 Å². The van der Waals surface area contributed by atoms with E-state index in [1.165, 1.54) is 6.07 Å². The molecule has 0 atom stereocenters. The van der Waals surface area contributed by atoms with E-state index < -0.39 is 11.7 Å². The van der Waals surface area contributed by atoms with E-state index >= 15 is 0 Å². The van der Waals surface area contributed by atoms with Crippen molar-refractivity contribution in [3.63, 3.8) is 0 Å². The molecule has 2 aromatic rings. The normalized spacial score (nSPS) is 16.3. The summed E-state index contributed by atoms with van der Waals surface area (Å²) in [6, 6.07) is 9.89. The Bertz CT molecular complexity index is 805. The molecule has 1 saturated heterocycles. The Kier molecular flexibility index (Phi) is 6.08. The first-order chi connectivity index (χ1) is 12.4. The molecule has 0 bridgehead atoms. The Balaban J connectivity index is 1.81. The number of amides is 1.